The van der Waals surface area contributed by atoms with Crippen LogP contribution in [-0.2, 0) is 0 Å². The van der Waals surface area contributed by atoms with Gasteiger partial charge in [0.15, 0.2) is 5.65 Å². The molecule has 0 aromatic carbocycles. The summed E-state index contributed by atoms with van der Waals surface area (Å²) in [4.78, 5) is 6.68. The molecule has 1 aliphatic heterocycles. The van der Waals surface area contributed by atoms with Gasteiger partial charge in [-0.25, -0.2) is 4.98 Å². The second kappa shape index (κ2) is 6.38. The van der Waals surface area contributed by atoms with Gasteiger partial charge in [-0.2, -0.15) is 9.61 Å². The van der Waals surface area contributed by atoms with Crippen molar-refractivity contribution >= 4 is 11.5 Å². The van der Waals surface area contributed by atoms with E-state index in [0.717, 1.165) is 43.3 Å². The summed E-state index contributed by atoms with van der Waals surface area (Å²) >= 11 is 0. The van der Waals surface area contributed by atoms with Crippen LogP contribution in [0.3, 0.4) is 0 Å². The first-order valence-electron chi connectivity index (χ1n) is 7.39. The van der Waals surface area contributed by atoms with Crippen molar-refractivity contribution in [1.82, 2.24) is 24.8 Å². The van der Waals surface area contributed by atoms with Crippen molar-refractivity contribution in [3.8, 4) is 0 Å². The number of aromatic nitrogens is 3. The molecule has 0 bridgehead atoms. The lowest BCUT2D eigenvalue weighted by molar-refractivity contribution is 0.114. The fraction of sp³-hybridized carbons (Fsp3) is 0.571. The molecule has 3 N–H and O–H groups in total. The van der Waals surface area contributed by atoms with Gasteiger partial charge in [0.25, 0.3) is 0 Å². The number of hydrogen-bond acceptors (Lipinski definition) is 6. The van der Waals surface area contributed by atoms with Crippen molar-refractivity contribution in [1.29, 1.82) is 0 Å². The van der Waals surface area contributed by atoms with Crippen molar-refractivity contribution in [2.45, 2.75) is 13.0 Å². The number of anilines is 1. The average molecular weight is 290 g/mol. The number of aliphatic hydroxyl groups excluding tert-OH is 1. The Balaban J connectivity index is 1.59. The Kier molecular flexibility index (Phi) is 4.33. The molecule has 0 amide bonds. The zero-order valence-electron chi connectivity index (χ0n) is 12.3. The van der Waals surface area contributed by atoms with E-state index in [1.165, 1.54) is 0 Å². The number of nitrogens with one attached hydrogen (secondary N) is 2. The summed E-state index contributed by atoms with van der Waals surface area (Å²) in [5.74, 6) is 0.863. The highest BCUT2D eigenvalue weighted by molar-refractivity contribution is 5.48. The molecule has 7 heteroatoms. The Morgan fingerprint density at radius 2 is 2.24 bits per heavy atom. The standard InChI is InChI=1S/C14H22N6O/c1-11-8-14(20-13(18-11)2-3-17-20)16-9-12(21)10-19-6-4-15-5-7-19/h2-3,8,12,15-16,21H,4-7,9-10H2,1H3/t12-/m1/s1. The molecule has 1 atom stereocenters. The fourth-order valence-corrected chi connectivity index (χ4v) is 2.64. The molecule has 3 heterocycles. The van der Waals surface area contributed by atoms with Gasteiger partial charge in [0.2, 0.25) is 0 Å². The minimum Gasteiger partial charge on any atom is -0.390 e. The summed E-state index contributed by atoms with van der Waals surface area (Å²) in [6.07, 6.45) is 1.33. The second-order valence-electron chi connectivity index (χ2n) is 5.47. The third-order valence-corrected chi connectivity index (χ3v) is 3.68. The topological polar surface area (TPSA) is 77.7 Å². The maximum atomic E-state index is 10.2. The molecule has 0 aliphatic carbocycles. The Bertz CT molecular complexity index is 592. The molecule has 3 rings (SSSR count). The van der Waals surface area contributed by atoms with Crippen LogP contribution in [0, 0.1) is 6.92 Å². The number of nitrogens with zero attached hydrogens (tertiary/aromatic N) is 4. The van der Waals surface area contributed by atoms with Crippen LogP contribution in [-0.4, -0.2) is 70.0 Å². The lowest BCUT2D eigenvalue weighted by Crippen LogP contribution is -2.47. The molecule has 7 nitrogen and oxygen atoms in total. The van der Waals surface area contributed by atoms with E-state index in [1.807, 2.05) is 19.1 Å². The summed E-state index contributed by atoms with van der Waals surface area (Å²) in [5.41, 5.74) is 1.75. The Hall–Kier alpha value is -1.70. The number of hydrogen-bond donors (Lipinski definition) is 3. The highest BCUT2D eigenvalue weighted by Crippen LogP contribution is 2.11. The van der Waals surface area contributed by atoms with Crippen molar-refractivity contribution in [2.24, 2.45) is 0 Å². The van der Waals surface area contributed by atoms with E-state index < -0.39 is 6.10 Å². The van der Waals surface area contributed by atoms with E-state index in [0.29, 0.717) is 13.1 Å². The lowest BCUT2D eigenvalue weighted by Gasteiger charge is -2.29. The largest absolute Gasteiger partial charge is 0.390 e. The minimum atomic E-state index is -0.401. The summed E-state index contributed by atoms with van der Waals surface area (Å²) in [6.45, 7) is 7.14. The molecule has 0 spiro atoms. The summed E-state index contributed by atoms with van der Waals surface area (Å²) in [7, 11) is 0. The molecular formula is C14H22N6O. The first-order valence-corrected chi connectivity index (χ1v) is 7.39. The quantitative estimate of drug-likeness (QED) is 0.703. The Morgan fingerprint density at radius 1 is 1.43 bits per heavy atom. The fourth-order valence-electron chi connectivity index (χ4n) is 2.64. The van der Waals surface area contributed by atoms with Crippen molar-refractivity contribution in [2.75, 3.05) is 44.6 Å². The van der Waals surface area contributed by atoms with Gasteiger partial charge in [-0.3, -0.25) is 4.90 Å². The van der Waals surface area contributed by atoms with E-state index in [9.17, 15) is 5.11 Å². The van der Waals surface area contributed by atoms with Crippen LogP contribution in [0.2, 0.25) is 0 Å². The SMILES string of the molecule is Cc1cc(NC[C@@H](O)CN2CCNCC2)n2nccc2n1. The second-order valence-corrected chi connectivity index (χ2v) is 5.47. The van der Waals surface area contributed by atoms with Crippen LogP contribution >= 0.6 is 0 Å². The highest BCUT2D eigenvalue weighted by atomic mass is 16.3. The van der Waals surface area contributed by atoms with E-state index >= 15 is 0 Å². The monoisotopic (exact) mass is 290 g/mol. The van der Waals surface area contributed by atoms with Crippen LogP contribution in [0.15, 0.2) is 18.3 Å². The first kappa shape index (κ1) is 14.2. The zero-order chi connectivity index (χ0) is 14.7. The van der Waals surface area contributed by atoms with E-state index in [1.54, 1.807) is 10.7 Å². The number of fused-ring (bicyclic) bond motifs is 1. The normalized spacial score (nSPS) is 18.0. The summed E-state index contributed by atoms with van der Waals surface area (Å²) in [5, 5.41) is 21.0. The van der Waals surface area contributed by atoms with Crippen LogP contribution in [0.25, 0.3) is 5.65 Å². The zero-order valence-corrected chi connectivity index (χ0v) is 12.3. The predicted molar refractivity (Wildman–Crippen MR) is 81.5 cm³/mol. The van der Waals surface area contributed by atoms with Gasteiger partial charge in [-0.15, -0.1) is 0 Å². The average Bonchev–Trinajstić information content (AvgIpc) is 2.94. The first-order chi connectivity index (χ1) is 10.2. The summed E-state index contributed by atoms with van der Waals surface area (Å²) < 4.78 is 1.75. The van der Waals surface area contributed by atoms with Gasteiger partial charge in [-0.05, 0) is 6.92 Å². The number of aryl methyl sites for hydroxylation is 1. The van der Waals surface area contributed by atoms with Gasteiger partial charge in [-0.1, -0.05) is 0 Å². The van der Waals surface area contributed by atoms with E-state index in [2.05, 4.69) is 25.6 Å². The molecule has 2 aromatic heterocycles. The van der Waals surface area contributed by atoms with E-state index in [4.69, 9.17) is 0 Å². The lowest BCUT2D eigenvalue weighted by atomic mass is 10.2. The maximum Gasteiger partial charge on any atom is 0.157 e. The van der Waals surface area contributed by atoms with Crippen LogP contribution in [0.5, 0.6) is 0 Å². The van der Waals surface area contributed by atoms with Crippen molar-refractivity contribution in [3.63, 3.8) is 0 Å². The maximum absolute atomic E-state index is 10.2. The molecule has 1 aliphatic rings. The Labute approximate surface area is 124 Å². The molecule has 0 saturated carbocycles. The van der Waals surface area contributed by atoms with Crippen LogP contribution in [0.4, 0.5) is 5.82 Å². The van der Waals surface area contributed by atoms with Crippen molar-refractivity contribution in [3.05, 3.63) is 24.0 Å². The van der Waals surface area contributed by atoms with E-state index in [-0.39, 0.29) is 0 Å². The molecule has 1 fully saturated rings. The van der Waals surface area contributed by atoms with Gasteiger partial charge >= 0.3 is 0 Å². The van der Waals surface area contributed by atoms with Gasteiger partial charge < -0.3 is 15.7 Å². The summed E-state index contributed by atoms with van der Waals surface area (Å²) in [6, 6.07) is 3.81. The van der Waals surface area contributed by atoms with Crippen LogP contribution < -0.4 is 10.6 Å². The molecule has 114 valence electrons. The van der Waals surface area contributed by atoms with Gasteiger partial charge in [0, 0.05) is 57.1 Å². The smallest absolute Gasteiger partial charge is 0.157 e. The molecular weight excluding hydrogens is 268 g/mol. The highest BCUT2D eigenvalue weighted by Gasteiger charge is 2.14. The molecule has 0 radical (unpaired) electrons. The predicted octanol–water partition coefficient (Wildman–Crippen LogP) is -0.284. The number of rotatable bonds is 5. The Morgan fingerprint density at radius 3 is 3.05 bits per heavy atom. The molecule has 2 aromatic rings. The van der Waals surface area contributed by atoms with Gasteiger partial charge in [0.1, 0.15) is 5.82 Å². The molecule has 0 unspecified atom stereocenters. The van der Waals surface area contributed by atoms with Crippen molar-refractivity contribution < 1.29 is 5.11 Å². The third-order valence-electron chi connectivity index (χ3n) is 3.68. The number of piperazine rings is 1. The van der Waals surface area contributed by atoms with Gasteiger partial charge in [0.05, 0.1) is 12.3 Å². The number of aliphatic hydroxyl groups is 1. The number of β-amino-alcohol motifs (C(OH)–C–C–N with tert-alkyl or cyclic N) is 1. The third kappa shape index (κ3) is 3.49. The molecule has 21 heavy (non-hydrogen) atoms. The minimum absolute atomic E-state index is 0.401. The van der Waals surface area contributed by atoms with Crippen LogP contribution in [0.1, 0.15) is 5.69 Å². The molecule has 1 saturated heterocycles.